The molecular formula is C44H66ClNO2. The molecule has 3 nitrogen and oxygen atoms in total. The van der Waals surface area contributed by atoms with Gasteiger partial charge >= 0.3 is 0 Å². The van der Waals surface area contributed by atoms with Gasteiger partial charge in [-0.15, -0.1) is 0 Å². The molecule has 0 aliphatic heterocycles. The third-order valence-corrected chi connectivity index (χ3v) is 9.80. The number of hydrogen-bond donors (Lipinski definition) is 1. The van der Waals surface area contributed by atoms with Crippen LogP contribution in [0.4, 0.5) is 5.69 Å². The first-order chi connectivity index (χ1) is 22.7. The van der Waals surface area contributed by atoms with E-state index >= 15 is 0 Å². The minimum Gasteiger partial charge on any atom is -1.00 e. The lowest BCUT2D eigenvalue weighted by atomic mass is 9.90. The van der Waals surface area contributed by atoms with Gasteiger partial charge in [0.2, 0.25) is 0 Å². The molecule has 0 bridgehead atoms. The summed E-state index contributed by atoms with van der Waals surface area (Å²) >= 11 is 0. The fraction of sp³-hybridized carbons (Fsp3) is 0.545. The van der Waals surface area contributed by atoms with Crippen molar-refractivity contribution in [2.45, 2.75) is 120 Å². The minimum absolute atomic E-state index is 0. The van der Waals surface area contributed by atoms with E-state index in [1.165, 1.54) is 85.6 Å². The molecule has 0 heterocycles. The summed E-state index contributed by atoms with van der Waals surface area (Å²) in [7, 11) is 0. The van der Waals surface area contributed by atoms with Gasteiger partial charge < -0.3 is 22.3 Å². The zero-order valence-electron chi connectivity index (χ0n) is 31.6. The molecule has 0 saturated carbocycles. The molecular weight excluding hydrogens is 610 g/mol. The summed E-state index contributed by atoms with van der Waals surface area (Å²) in [5.41, 5.74) is 3.92. The quantitative estimate of drug-likeness (QED) is 0.0841. The first kappa shape index (κ1) is 41.4. The van der Waals surface area contributed by atoms with Gasteiger partial charge in [-0.25, -0.2) is 0 Å². The molecule has 0 fully saturated rings. The highest BCUT2D eigenvalue weighted by Crippen LogP contribution is 2.41. The number of benzene rings is 4. The van der Waals surface area contributed by atoms with E-state index in [4.69, 9.17) is 4.74 Å². The number of aromatic hydroxyl groups is 1. The lowest BCUT2D eigenvalue weighted by molar-refractivity contribution is -0.0000117. The second-order valence-electron chi connectivity index (χ2n) is 14.3. The van der Waals surface area contributed by atoms with Crippen LogP contribution in [0.1, 0.15) is 118 Å². The summed E-state index contributed by atoms with van der Waals surface area (Å²) in [6.07, 6.45) is 12.1. The Bertz CT molecular complexity index is 1480. The number of fused-ring (bicyclic) bond motifs is 2. The molecule has 0 atom stereocenters. The van der Waals surface area contributed by atoms with E-state index in [1.807, 2.05) is 18.2 Å². The average Bonchev–Trinajstić information content (AvgIpc) is 3.07. The van der Waals surface area contributed by atoms with Crippen LogP contribution in [-0.4, -0.2) is 31.3 Å². The summed E-state index contributed by atoms with van der Waals surface area (Å²) in [6, 6.07) is 23.7. The van der Waals surface area contributed by atoms with E-state index < -0.39 is 0 Å². The molecule has 266 valence electrons. The average molecular weight is 676 g/mol. The molecule has 48 heavy (non-hydrogen) atoms. The SMILES string of the molecule is CC(C)CCc1cc2ccccc2c(O)c1CCC(C)C.CCCCC[N+](CC)(CCCCC)c1c(OCC)ccc2ccccc12.[Cl-]. The Morgan fingerprint density at radius 1 is 0.667 bits per heavy atom. The normalized spacial score (nSPS) is 11.5. The number of phenolic OH excluding ortho intramolecular Hbond substituents is 1. The molecule has 0 unspecified atom stereocenters. The molecule has 0 saturated heterocycles. The molecule has 4 aromatic carbocycles. The summed E-state index contributed by atoms with van der Waals surface area (Å²) in [6.45, 7) is 22.3. The Hall–Kier alpha value is -2.75. The van der Waals surface area contributed by atoms with Gasteiger partial charge in [-0.2, -0.15) is 0 Å². The highest BCUT2D eigenvalue weighted by Gasteiger charge is 2.33. The van der Waals surface area contributed by atoms with Gasteiger partial charge in [0.05, 0.1) is 26.2 Å². The van der Waals surface area contributed by atoms with Gasteiger partial charge in [0.15, 0.2) is 11.4 Å². The maximum Gasteiger partial charge on any atom is 0.183 e. The van der Waals surface area contributed by atoms with Crippen molar-refractivity contribution in [2.75, 3.05) is 26.2 Å². The van der Waals surface area contributed by atoms with Crippen LogP contribution >= 0.6 is 0 Å². The number of quaternary nitrogens is 1. The van der Waals surface area contributed by atoms with Gasteiger partial charge in [0.25, 0.3) is 0 Å². The van der Waals surface area contributed by atoms with Crippen LogP contribution in [0.25, 0.3) is 21.5 Å². The third kappa shape index (κ3) is 11.4. The van der Waals surface area contributed by atoms with Gasteiger partial charge in [-0.05, 0) is 111 Å². The smallest absolute Gasteiger partial charge is 0.183 e. The fourth-order valence-electron chi connectivity index (χ4n) is 6.94. The fourth-order valence-corrected chi connectivity index (χ4v) is 6.94. The number of phenols is 1. The first-order valence-corrected chi connectivity index (χ1v) is 18.9. The van der Waals surface area contributed by atoms with Crippen LogP contribution in [-0.2, 0) is 12.8 Å². The first-order valence-electron chi connectivity index (χ1n) is 18.9. The second-order valence-corrected chi connectivity index (χ2v) is 14.3. The van der Waals surface area contributed by atoms with Gasteiger partial charge in [-0.3, -0.25) is 4.48 Å². The lowest BCUT2D eigenvalue weighted by Crippen LogP contribution is -3.00. The number of nitrogens with zero attached hydrogens (tertiary/aromatic N) is 1. The van der Waals surface area contributed by atoms with Crippen molar-refractivity contribution in [1.82, 2.24) is 4.48 Å². The summed E-state index contributed by atoms with van der Waals surface area (Å²) in [5, 5.41) is 15.5. The van der Waals surface area contributed by atoms with E-state index in [2.05, 4.69) is 104 Å². The van der Waals surface area contributed by atoms with Crippen molar-refractivity contribution in [3.05, 3.63) is 77.9 Å². The van der Waals surface area contributed by atoms with E-state index in [1.54, 1.807) is 0 Å². The molecule has 0 aromatic heterocycles. The van der Waals surface area contributed by atoms with E-state index in [0.717, 1.165) is 53.4 Å². The number of aryl methyl sites for hydroxylation is 1. The Kier molecular flexibility index (Phi) is 18.4. The number of unbranched alkanes of at least 4 members (excludes halogenated alkanes) is 4. The Morgan fingerprint density at radius 2 is 1.23 bits per heavy atom. The van der Waals surface area contributed by atoms with Crippen molar-refractivity contribution < 1.29 is 22.3 Å². The highest BCUT2D eigenvalue weighted by molar-refractivity contribution is 5.96. The van der Waals surface area contributed by atoms with Crippen LogP contribution in [0, 0.1) is 11.8 Å². The molecule has 4 aromatic rings. The topological polar surface area (TPSA) is 29.5 Å². The maximum absolute atomic E-state index is 10.7. The van der Waals surface area contributed by atoms with Crippen LogP contribution in [0.15, 0.2) is 66.7 Å². The number of hydrogen-bond acceptors (Lipinski definition) is 2. The molecule has 0 radical (unpaired) electrons. The number of halogens is 1. The monoisotopic (exact) mass is 675 g/mol. The highest BCUT2D eigenvalue weighted by atomic mass is 35.5. The number of ether oxygens (including phenoxy) is 1. The maximum atomic E-state index is 10.7. The zero-order valence-corrected chi connectivity index (χ0v) is 32.3. The second kappa shape index (κ2) is 21.4. The molecule has 1 N–H and O–H groups in total. The van der Waals surface area contributed by atoms with Crippen LogP contribution in [0.3, 0.4) is 0 Å². The molecule has 4 heteroatoms. The third-order valence-electron chi connectivity index (χ3n) is 9.80. The molecule has 0 spiro atoms. The Morgan fingerprint density at radius 3 is 1.79 bits per heavy atom. The standard InChI is InChI=1S/C24H38NO.C20H28O.ClH/c1-5-9-13-19-25(7-3,20-14-10-6-2)24-22-16-12-11-15-21(22)17-18-23(24)26-8-4;1-14(2)9-11-17-13-16-7-5-6-8-18(16)20(21)19(17)12-10-15(3)4;/h11-12,15-18H,5-10,13-14,19-20H2,1-4H3;5-8,13-15,21H,9-12H2,1-4H3;1H/q+1;;/p-1. The molecule has 4 rings (SSSR count). The van der Waals surface area contributed by atoms with Gasteiger partial charge in [-0.1, -0.05) is 109 Å². The Balaban J connectivity index is 0.000000334. The van der Waals surface area contributed by atoms with Crippen molar-refractivity contribution in [1.29, 1.82) is 0 Å². The Labute approximate surface area is 300 Å². The largest absolute Gasteiger partial charge is 1.00 e. The molecule has 0 amide bonds. The molecule has 0 aliphatic rings. The van der Waals surface area contributed by atoms with Gasteiger partial charge in [0.1, 0.15) is 5.75 Å². The van der Waals surface area contributed by atoms with E-state index in [9.17, 15) is 5.11 Å². The van der Waals surface area contributed by atoms with Crippen molar-refractivity contribution >= 4 is 27.2 Å². The van der Waals surface area contributed by atoms with Crippen LogP contribution < -0.4 is 21.6 Å². The summed E-state index contributed by atoms with van der Waals surface area (Å²) < 4.78 is 7.20. The van der Waals surface area contributed by atoms with Crippen molar-refractivity contribution in [3.63, 3.8) is 0 Å². The van der Waals surface area contributed by atoms with Crippen molar-refractivity contribution in [3.8, 4) is 11.5 Å². The molecule has 0 aliphatic carbocycles. The lowest BCUT2D eigenvalue weighted by Gasteiger charge is -2.39. The summed E-state index contributed by atoms with van der Waals surface area (Å²) in [5.74, 6) is 2.94. The predicted molar refractivity (Wildman–Crippen MR) is 208 cm³/mol. The van der Waals surface area contributed by atoms with E-state index in [-0.39, 0.29) is 12.4 Å². The summed E-state index contributed by atoms with van der Waals surface area (Å²) in [4.78, 5) is 0. The predicted octanol–water partition coefficient (Wildman–Crippen LogP) is 9.67. The van der Waals surface area contributed by atoms with Gasteiger partial charge in [0, 0.05) is 10.8 Å². The zero-order chi connectivity index (χ0) is 34.2. The van der Waals surface area contributed by atoms with Crippen LogP contribution in [0.2, 0.25) is 0 Å². The van der Waals surface area contributed by atoms with E-state index in [0.29, 0.717) is 17.6 Å². The number of rotatable bonds is 18. The minimum atomic E-state index is 0. The van der Waals surface area contributed by atoms with Crippen LogP contribution in [0.5, 0.6) is 11.5 Å². The van der Waals surface area contributed by atoms with Crippen molar-refractivity contribution in [2.24, 2.45) is 11.8 Å².